The molecule has 3 N–H and O–H groups in total. The SMILES string of the molecule is CC(C)CN1C(=O)c2ccc(NCC3CCC(N)CC3)cc2C1=O. The van der Waals surface area contributed by atoms with Crippen molar-refractivity contribution >= 4 is 17.5 Å². The molecule has 5 heteroatoms. The maximum Gasteiger partial charge on any atom is 0.261 e. The van der Waals surface area contributed by atoms with Crippen molar-refractivity contribution < 1.29 is 9.59 Å². The van der Waals surface area contributed by atoms with Gasteiger partial charge in [-0.25, -0.2) is 0 Å². The molecule has 0 radical (unpaired) electrons. The highest BCUT2D eigenvalue weighted by Crippen LogP contribution is 2.28. The molecule has 1 aliphatic carbocycles. The second-order valence-electron chi connectivity index (χ2n) is 7.54. The standard InChI is InChI=1S/C19H27N3O2/c1-12(2)11-22-18(23)16-8-7-15(9-17(16)19(22)24)21-10-13-3-5-14(20)6-4-13/h7-9,12-14,21H,3-6,10-11,20H2,1-2H3. The van der Waals surface area contributed by atoms with Gasteiger partial charge in [0.15, 0.2) is 0 Å². The number of anilines is 1. The van der Waals surface area contributed by atoms with Crippen LogP contribution in [0.5, 0.6) is 0 Å². The van der Waals surface area contributed by atoms with Crippen molar-refractivity contribution in [3.63, 3.8) is 0 Å². The van der Waals surface area contributed by atoms with Gasteiger partial charge in [0.05, 0.1) is 11.1 Å². The van der Waals surface area contributed by atoms with Crippen LogP contribution in [0.25, 0.3) is 0 Å². The average molecular weight is 329 g/mol. The highest BCUT2D eigenvalue weighted by molar-refractivity contribution is 6.21. The van der Waals surface area contributed by atoms with Crippen LogP contribution in [0.1, 0.15) is 60.2 Å². The summed E-state index contributed by atoms with van der Waals surface area (Å²) in [6, 6.07) is 5.86. The lowest BCUT2D eigenvalue weighted by Crippen LogP contribution is -2.33. The van der Waals surface area contributed by atoms with E-state index in [1.165, 1.54) is 4.90 Å². The van der Waals surface area contributed by atoms with Crippen molar-refractivity contribution in [2.45, 2.75) is 45.6 Å². The molecule has 0 bridgehead atoms. The molecule has 1 aliphatic heterocycles. The summed E-state index contributed by atoms with van der Waals surface area (Å²) in [6.45, 7) is 5.37. The molecule has 0 aromatic heterocycles. The largest absolute Gasteiger partial charge is 0.385 e. The maximum absolute atomic E-state index is 12.5. The molecule has 1 aromatic rings. The molecule has 1 aromatic carbocycles. The molecule has 24 heavy (non-hydrogen) atoms. The lowest BCUT2D eigenvalue weighted by molar-refractivity contribution is 0.0636. The first-order valence-corrected chi connectivity index (χ1v) is 8.95. The fourth-order valence-electron chi connectivity index (χ4n) is 3.59. The van der Waals surface area contributed by atoms with E-state index in [0.717, 1.165) is 37.9 Å². The van der Waals surface area contributed by atoms with E-state index < -0.39 is 0 Å². The van der Waals surface area contributed by atoms with Gasteiger partial charge in [-0.05, 0) is 55.7 Å². The summed E-state index contributed by atoms with van der Waals surface area (Å²) in [7, 11) is 0. The Balaban J connectivity index is 1.66. The number of amides is 2. The Labute approximate surface area is 143 Å². The van der Waals surface area contributed by atoms with Gasteiger partial charge in [-0.15, -0.1) is 0 Å². The molecule has 1 heterocycles. The second-order valence-corrected chi connectivity index (χ2v) is 7.54. The van der Waals surface area contributed by atoms with Crippen molar-refractivity contribution in [3.05, 3.63) is 29.3 Å². The third-order valence-electron chi connectivity index (χ3n) is 5.00. The maximum atomic E-state index is 12.5. The van der Waals surface area contributed by atoms with Gasteiger partial charge in [-0.3, -0.25) is 14.5 Å². The van der Waals surface area contributed by atoms with Crippen molar-refractivity contribution in [1.29, 1.82) is 0 Å². The van der Waals surface area contributed by atoms with E-state index in [1.54, 1.807) is 6.07 Å². The summed E-state index contributed by atoms with van der Waals surface area (Å²) in [4.78, 5) is 26.2. The highest BCUT2D eigenvalue weighted by Gasteiger charge is 2.35. The zero-order chi connectivity index (χ0) is 17.3. The number of hydrogen-bond acceptors (Lipinski definition) is 4. The summed E-state index contributed by atoms with van der Waals surface area (Å²) in [6.07, 6.45) is 4.48. The Morgan fingerprint density at radius 3 is 2.46 bits per heavy atom. The fourth-order valence-corrected chi connectivity index (χ4v) is 3.59. The van der Waals surface area contributed by atoms with E-state index in [4.69, 9.17) is 5.73 Å². The lowest BCUT2D eigenvalue weighted by atomic mass is 9.86. The highest BCUT2D eigenvalue weighted by atomic mass is 16.2. The van der Waals surface area contributed by atoms with Crippen LogP contribution in [0.2, 0.25) is 0 Å². The minimum absolute atomic E-state index is 0.170. The minimum Gasteiger partial charge on any atom is -0.385 e. The number of nitrogens with zero attached hydrogens (tertiary/aromatic N) is 1. The van der Waals surface area contributed by atoms with Crippen LogP contribution in [-0.4, -0.2) is 35.8 Å². The number of fused-ring (bicyclic) bond motifs is 1. The zero-order valence-electron chi connectivity index (χ0n) is 14.5. The van der Waals surface area contributed by atoms with Crippen LogP contribution in [-0.2, 0) is 0 Å². The molecule has 130 valence electrons. The predicted octanol–water partition coefficient (Wildman–Crippen LogP) is 2.87. The van der Waals surface area contributed by atoms with Crippen LogP contribution >= 0.6 is 0 Å². The van der Waals surface area contributed by atoms with Crippen LogP contribution < -0.4 is 11.1 Å². The molecule has 1 fully saturated rings. The van der Waals surface area contributed by atoms with Gasteiger partial charge >= 0.3 is 0 Å². The molecule has 0 unspecified atom stereocenters. The molecule has 0 atom stereocenters. The number of imide groups is 1. The number of hydrogen-bond donors (Lipinski definition) is 2. The monoisotopic (exact) mass is 329 g/mol. The van der Waals surface area contributed by atoms with Gasteiger partial charge < -0.3 is 11.1 Å². The van der Waals surface area contributed by atoms with Crippen LogP contribution in [0.4, 0.5) is 5.69 Å². The molecule has 3 rings (SSSR count). The Morgan fingerprint density at radius 2 is 1.79 bits per heavy atom. The van der Waals surface area contributed by atoms with Crippen LogP contribution in [0.3, 0.4) is 0 Å². The third-order valence-corrected chi connectivity index (χ3v) is 5.00. The number of benzene rings is 1. The third kappa shape index (κ3) is 3.46. The molecular formula is C19H27N3O2. The van der Waals surface area contributed by atoms with Gasteiger partial charge in [0, 0.05) is 24.8 Å². The first kappa shape index (κ1) is 17.0. The number of nitrogens with two attached hydrogens (primary N) is 1. The predicted molar refractivity (Wildman–Crippen MR) is 95.1 cm³/mol. The summed E-state index contributed by atoms with van der Waals surface area (Å²) in [5.41, 5.74) is 7.91. The van der Waals surface area contributed by atoms with Crippen molar-refractivity contribution in [2.24, 2.45) is 17.6 Å². The van der Waals surface area contributed by atoms with E-state index in [-0.39, 0.29) is 17.7 Å². The van der Waals surface area contributed by atoms with Crippen molar-refractivity contribution in [2.75, 3.05) is 18.4 Å². The smallest absolute Gasteiger partial charge is 0.261 e. The fraction of sp³-hybridized carbons (Fsp3) is 0.579. The van der Waals surface area contributed by atoms with Gasteiger partial charge in [-0.1, -0.05) is 13.8 Å². The van der Waals surface area contributed by atoms with E-state index in [1.807, 2.05) is 26.0 Å². The molecule has 0 saturated heterocycles. The number of carbonyl (C=O) groups is 2. The zero-order valence-corrected chi connectivity index (χ0v) is 14.5. The van der Waals surface area contributed by atoms with E-state index >= 15 is 0 Å². The molecule has 1 saturated carbocycles. The molecule has 2 amide bonds. The molecular weight excluding hydrogens is 302 g/mol. The first-order valence-electron chi connectivity index (χ1n) is 8.95. The second kappa shape index (κ2) is 6.93. The topological polar surface area (TPSA) is 75.4 Å². The molecule has 5 nitrogen and oxygen atoms in total. The quantitative estimate of drug-likeness (QED) is 0.815. The number of rotatable bonds is 5. The van der Waals surface area contributed by atoms with E-state index in [2.05, 4.69) is 5.32 Å². The Morgan fingerprint density at radius 1 is 1.12 bits per heavy atom. The van der Waals surface area contributed by atoms with Gasteiger partial charge in [0.1, 0.15) is 0 Å². The van der Waals surface area contributed by atoms with Gasteiger partial charge in [0.2, 0.25) is 0 Å². The Hall–Kier alpha value is -1.88. The van der Waals surface area contributed by atoms with Crippen molar-refractivity contribution in [3.8, 4) is 0 Å². The summed E-state index contributed by atoms with van der Waals surface area (Å²) in [5, 5.41) is 3.43. The normalized spacial score (nSPS) is 23.8. The molecule has 0 spiro atoms. The van der Waals surface area contributed by atoms with E-state index in [9.17, 15) is 9.59 Å². The van der Waals surface area contributed by atoms with Crippen molar-refractivity contribution in [1.82, 2.24) is 4.90 Å². The first-order chi connectivity index (χ1) is 11.5. The van der Waals surface area contributed by atoms with E-state index in [0.29, 0.717) is 29.6 Å². The Kier molecular flexibility index (Phi) is 4.90. The number of nitrogens with one attached hydrogen (secondary N) is 1. The van der Waals surface area contributed by atoms with Crippen LogP contribution in [0.15, 0.2) is 18.2 Å². The summed E-state index contributed by atoms with van der Waals surface area (Å²) < 4.78 is 0. The van der Waals surface area contributed by atoms with Gasteiger partial charge in [0.25, 0.3) is 11.8 Å². The van der Waals surface area contributed by atoms with Gasteiger partial charge in [-0.2, -0.15) is 0 Å². The lowest BCUT2D eigenvalue weighted by Gasteiger charge is -2.26. The molecule has 2 aliphatic rings. The average Bonchev–Trinajstić information content (AvgIpc) is 2.79. The Bertz CT molecular complexity index is 633. The minimum atomic E-state index is -0.170. The number of carbonyl (C=O) groups excluding carboxylic acids is 2. The summed E-state index contributed by atoms with van der Waals surface area (Å²) in [5.74, 6) is 0.558. The van der Waals surface area contributed by atoms with Crippen LogP contribution in [0, 0.1) is 11.8 Å². The summed E-state index contributed by atoms with van der Waals surface area (Å²) >= 11 is 0.